The van der Waals surface area contributed by atoms with Crippen molar-refractivity contribution < 1.29 is 17.9 Å². The number of hydrogen-bond donors (Lipinski definition) is 0. The minimum Gasteiger partial charge on any atom is -0.466 e. The van der Waals surface area contributed by atoms with Gasteiger partial charge >= 0.3 is 5.97 Å². The number of benzene rings is 1. The quantitative estimate of drug-likeness (QED) is 0.628. The van der Waals surface area contributed by atoms with E-state index < -0.39 is 26.5 Å². The van der Waals surface area contributed by atoms with Gasteiger partial charge in [0.1, 0.15) is 0 Å². The molecule has 0 saturated heterocycles. The molecule has 1 aliphatic rings. The molecular weight excluding hydrogens is 302 g/mol. The van der Waals surface area contributed by atoms with E-state index in [0.29, 0.717) is 0 Å². The van der Waals surface area contributed by atoms with Gasteiger partial charge in [-0.25, -0.2) is 8.42 Å². The first-order valence-electron chi connectivity index (χ1n) is 6.95. The van der Waals surface area contributed by atoms with Crippen LogP contribution < -0.4 is 0 Å². The Morgan fingerprint density at radius 3 is 2.64 bits per heavy atom. The Bertz CT molecular complexity index is 733. The third-order valence-electron chi connectivity index (χ3n) is 3.91. The van der Waals surface area contributed by atoms with E-state index in [1.165, 1.54) is 12.1 Å². The Hall–Kier alpha value is -2.13. The van der Waals surface area contributed by atoms with Crippen LogP contribution in [-0.4, -0.2) is 25.7 Å². The summed E-state index contributed by atoms with van der Waals surface area (Å²) in [4.78, 5) is 11.9. The van der Waals surface area contributed by atoms with Gasteiger partial charge in [0.2, 0.25) is 9.84 Å². The molecule has 2 rings (SSSR count). The molecule has 6 heteroatoms. The lowest BCUT2D eigenvalue weighted by molar-refractivity contribution is -0.147. The smallest absolute Gasteiger partial charge is 0.309 e. The second-order valence-corrected chi connectivity index (χ2v) is 7.39. The molecule has 0 spiro atoms. The van der Waals surface area contributed by atoms with Gasteiger partial charge in [0.25, 0.3) is 0 Å². The number of nitriles is 1. The SMILES string of the molecule is C=C1CC(C(=O)OCC)CC1(C#N)S(=O)(=O)c1ccccc1. The molecule has 0 amide bonds. The van der Waals surface area contributed by atoms with Crippen molar-refractivity contribution >= 4 is 15.8 Å². The summed E-state index contributed by atoms with van der Waals surface area (Å²) in [6.07, 6.45) is 0.0385. The van der Waals surface area contributed by atoms with Gasteiger partial charge in [-0.1, -0.05) is 24.8 Å². The predicted octanol–water partition coefficient (Wildman–Crippen LogP) is 2.25. The van der Waals surface area contributed by atoms with E-state index in [4.69, 9.17) is 4.74 Å². The summed E-state index contributed by atoms with van der Waals surface area (Å²) in [5, 5.41) is 9.57. The van der Waals surface area contributed by atoms with Crippen LogP contribution in [0.2, 0.25) is 0 Å². The van der Waals surface area contributed by atoms with Crippen LogP contribution >= 0.6 is 0 Å². The maximum Gasteiger partial charge on any atom is 0.309 e. The fourth-order valence-electron chi connectivity index (χ4n) is 2.74. The Balaban J connectivity index is 2.45. The zero-order chi connectivity index (χ0) is 16.4. The number of hydrogen-bond acceptors (Lipinski definition) is 5. The summed E-state index contributed by atoms with van der Waals surface area (Å²) >= 11 is 0. The number of ether oxygens (including phenoxy) is 1. The number of nitrogens with zero attached hydrogens (tertiary/aromatic N) is 1. The van der Waals surface area contributed by atoms with Crippen molar-refractivity contribution in [1.82, 2.24) is 0 Å². The fourth-order valence-corrected chi connectivity index (χ4v) is 4.66. The summed E-state index contributed by atoms with van der Waals surface area (Å²) in [5.74, 6) is -1.13. The third-order valence-corrected chi connectivity index (χ3v) is 6.27. The first-order chi connectivity index (χ1) is 10.4. The van der Waals surface area contributed by atoms with E-state index in [2.05, 4.69) is 6.58 Å². The maximum absolute atomic E-state index is 12.9. The molecule has 0 aliphatic heterocycles. The van der Waals surface area contributed by atoms with Crippen LogP contribution in [0.1, 0.15) is 19.8 Å². The highest BCUT2D eigenvalue weighted by Crippen LogP contribution is 2.46. The van der Waals surface area contributed by atoms with Crippen molar-refractivity contribution in [1.29, 1.82) is 5.26 Å². The second kappa shape index (κ2) is 5.93. The van der Waals surface area contributed by atoms with Gasteiger partial charge in [-0.3, -0.25) is 4.79 Å². The van der Waals surface area contributed by atoms with E-state index in [9.17, 15) is 18.5 Å². The molecule has 0 heterocycles. The molecule has 0 bridgehead atoms. The molecular formula is C16H17NO4S. The van der Waals surface area contributed by atoms with Gasteiger partial charge in [0, 0.05) is 0 Å². The average Bonchev–Trinajstić information content (AvgIpc) is 2.87. The van der Waals surface area contributed by atoms with Crippen molar-refractivity contribution in [3.8, 4) is 6.07 Å². The first-order valence-corrected chi connectivity index (χ1v) is 8.43. The number of esters is 1. The average molecular weight is 319 g/mol. The lowest BCUT2D eigenvalue weighted by atomic mass is 10.0. The second-order valence-electron chi connectivity index (χ2n) is 5.22. The van der Waals surface area contributed by atoms with Crippen LogP contribution in [0.5, 0.6) is 0 Å². The van der Waals surface area contributed by atoms with Gasteiger partial charge in [-0.05, 0) is 37.5 Å². The summed E-state index contributed by atoms with van der Waals surface area (Å²) in [5.41, 5.74) is 0.247. The van der Waals surface area contributed by atoms with Crippen LogP contribution in [0, 0.1) is 17.2 Å². The van der Waals surface area contributed by atoms with Crippen molar-refractivity contribution in [2.45, 2.75) is 29.4 Å². The topological polar surface area (TPSA) is 84.2 Å². The number of sulfone groups is 1. The summed E-state index contributed by atoms with van der Waals surface area (Å²) in [6.45, 7) is 5.65. The molecule has 0 radical (unpaired) electrons. The highest BCUT2D eigenvalue weighted by molar-refractivity contribution is 7.93. The predicted molar refractivity (Wildman–Crippen MR) is 80.5 cm³/mol. The lowest BCUT2D eigenvalue weighted by Crippen LogP contribution is -2.36. The van der Waals surface area contributed by atoms with E-state index in [1.54, 1.807) is 25.1 Å². The standard InChI is InChI=1S/C16H17NO4S/c1-3-21-15(18)13-9-12(2)16(10-13,11-17)22(19,20)14-7-5-4-6-8-14/h4-8,13H,2-3,9-10H2,1H3. The minimum atomic E-state index is -3.95. The molecule has 1 aliphatic carbocycles. The van der Waals surface area contributed by atoms with Crippen molar-refractivity contribution in [3.05, 3.63) is 42.5 Å². The molecule has 2 unspecified atom stereocenters. The zero-order valence-electron chi connectivity index (χ0n) is 12.3. The van der Waals surface area contributed by atoms with Gasteiger partial charge in [-0.2, -0.15) is 5.26 Å². The van der Waals surface area contributed by atoms with Gasteiger partial charge in [0.05, 0.1) is 23.5 Å². The van der Waals surface area contributed by atoms with Gasteiger partial charge in [-0.15, -0.1) is 0 Å². The molecule has 1 fully saturated rings. The molecule has 0 aromatic heterocycles. The van der Waals surface area contributed by atoms with Crippen molar-refractivity contribution in [2.24, 2.45) is 5.92 Å². The fraction of sp³-hybridized carbons (Fsp3) is 0.375. The molecule has 22 heavy (non-hydrogen) atoms. The van der Waals surface area contributed by atoms with Crippen LogP contribution in [0.25, 0.3) is 0 Å². The van der Waals surface area contributed by atoms with Crippen molar-refractivity contribution in [3.63, 3.8) is 0 Å². The van der Waals surface area contributed by atoms with Crippen LogP contribution in [0.4, 0.5) is 0 Å². The zero-order valence-corrected chi connectivity index (χ0v) is 13.1. The molecule has 116 valence electrons. The minimum absolute atomic E-state index is 0.0576. The van der Waals surface area contributed by atoms with E-state index in [-0.39, 0.29) is 29.9 Å². The summed E-state index contributed by atoms with van der Waals surface area (Å²) in [6, 6.07) is 9.67. The Kier molecular flexibility index (Phi) is 4.38. The van der Waals surface area contributed by atoms with Gasteiger partial charge in [0.15, 0.2) is 4.75 Å². The molecule has 5 nitrogen and oxygen atoms in total. The third kappa shape index (κ3) is 2.42. The molecule has 1 aromatic rings. The number of rotatable bonds is 4. The van der Waals surface area contributed by atoms with E-state index >= 15 is 0 Å². The Morgan fingerprint density at radius 1 is 1.45 bits per heavy atom. The molecule has 1 aromatic carbocycles. The maximum atomic E-state index is 12.9. The molecule has 0 N–H and O–H groups in total. The highest BCUT2D eigenvalue weighted by Gasteiger charge is 2.55. The van der Waals surface area contributed by atoms with E-state index in [1.807, 2.05) is 6.07 Å². The Morgan fingerprint density at radius 2 is 2.09 bits per heavy atom. The normalized spacial score (nSPS) is 24.7. The van der Waals surface area contributed by atoms with Crippen LogP contribution in [-0.2, 0) is 19.4 Å². The monoisotopic (exact) mass is 319 g/mol. The Labute approximate surface area is 130 Å². The summed E-state index contributed by atoms with van der Waals surface area (Å²) in [7, 11) is -3.95. The molecule has 2 atom stereocenters. The number of carbonyl (C=O) groups excluding carboxylic acids is 1. The van der Waals surface area contributed by atoms with E-state index in [0.717, 1.165) is 0 Å². The van der Waals surface area contributed by atoms with Crippen LogP contribution in [0.15, 0.2) is 47.4 Å². The largest absolute Gasteiger partial charge is 0.466 e. The summed E-state index contributed by atoms with van der Waals surface area (Å²) < 4.78 is 29.0. The highest BCUT2D eigenvalue weighted by atomic mass is 32.2. The van der Waals surface area contributed by atoms with Crippen LogP contribution in [0.3, 0.4) is 0 Å². The van der Waals surface area contributed by atoms with Crippen molar-refractivity contribution in [2.75, 3.05) is 6.61 Å². The molecule has 1 saturated carbocycles. The lowest BCUT2D eigenvalue weighted by Gasteiger charge is -2.22. The first kappa shape index (κ1) is 16.2. The van der Waals surface area contributed by atoms with Gasteiger partial charge < -0.3 is 4.74 Å². The number of carbonyl (C=O) groups is 1.